The van der Waals surface area contributed by atoms with Crippen molar-refractivity contribution in [3.8, 4) is 0 Å². The summed E-state index contributed by atoms with van der Waals surface area (Å²) < 4.78 is 40.9. The number of carbonyl (C=O) groups excluding carboxylic acids is 1. The smallest absolute Gasteiger partial charge is 0.390 e. The number of halogens is 3. The van der Waals surface area contributed by atoms with Gasteiger partial charge in [-0.1, -0.05) is 24.3 Å². The maximum absolute atomic E-state index is 13.6. The van der Waals surface area contributed by atoms with Crippen molar-refractivity contribution < 1.29 is 23.1 Å². The van der Waals surface area contributed by atoms with Crippen molar-refractivity contribution in [1.82, 2.24) is 9.97 Å². The third-order valence-corrected chi connectivity index (χ3v) is 5.58. The molecule has 7 nitrogen and oxygen atoms in total. The van der Waals surface area contributed by atoms with E-state index in [-0.39, 0.29) is 18.3 Å². The number of aromatic nitrogens is 2. The second kappa shape index (κ2) is 7.49. The summed E-state index contributed by atoms with van der Waals surface area (Å²) in [6.07, 6.45) is -4.29. The van der Waals surface area contributed by atoms with Gasteiger partial charge in [0.25, 0.3) is 0 Å². The van der Waals surface area contributed by atoms with Crippen LogP contribution >= 0.6 is 0 Å². The van der Waals surface area contributed by atoms with Crippen molar-refractivity contribution >= 4 is 29.0 Å². The Morgan fingerprint density at radius 1 is 1.12 bits per heavy atom. The molecule has 4 N–H and O–H groups in total. The average Bonchev–Trinajstić information content (AvgIpc) is 3.25. The lowest BCUT2D eigenvalue weighted by Gasteiger charge is -2.21. The number of fused-ring (bicyclic) bond motifs is 2. The van der Waals surface area contributed by atoms with Crippen LogP contribution in [0.5, 0.6) is 0 Å². The average molecular weight is 441 g/mol. The van der Waals surface area contributed by atoms with E-state index >= 15 is 0 Å². The SMILES string of the molecule is O=C1Cc2cc(Nc3ncc(C(F)(F)F)c(N[C@@H]4c5ccccc5C[C@@H]4O)n3)ccc2N1. The van der Waals surface area contributed by atoms with E-state index in [0.717, 1.165) is 16.7 Å². The predicted octanol–water partition coefficient (Wildman–Crippen LogP) is 3.80. The summed E-state index contributed by atoms with van der Waals surface area (Å²) in [7, 11) is 0. The van der Waals surface area contributed by atoms with Crippen molar-refractivity contribution in [3.05, 3.63) is 70.9 Å². The summed E-state index contributed by atoms with van der Waals surface area (Å²) in [5.41, 5.74) is 2.60. The van der Waals surface area contributed by atoms with Crippen LogP contribution in [0.15, 0.2) is 48.7 Å². The number of benzene rings is 2. The zero-order valence-corrected chi connectivity index (χ0v) is 16.6. The van der Waals surface area contributed by atoms with Crippen LogP contribution in [-0.2, 0) is 23.8 Å². The molecule has 0 fully saturated rings. The van der Waals surface area contributed by atoms with Crippen molar-refractivity contribution in [2.45, 2.75) is 31.2 Å². The number of amides is 1. The Hall–Kier alpha value is -3.66. The van der Waals surface area contributed by atoms with Crippen LogP contribution in [0.3, 0.4) is 0 Å². The Morgan fingerprint density at radius 2 is 1.94 bits per heavy atom. The van der Waals surface area contributed by atoms with Crippen molar-refractivity contribution in [1.29, 1.82) is 0 Å². The molecule has 0 saturated heterocycles. The summed E-state index contributed by atoms with van der Waals surface area (Å²) >= 11 is 0. The first kappa shape index (κ1) is 20.3. The van der Waals surface area contributed by atoms with E-state index < -0.39 is 29.7 Å². The molecule has 0 radical (unpaired) electrons. The molecular formula is C22H18F3N5O2. The Kier molecular flexibility index (Phi) is 4.74. The fraction of sp³-hybridized carbons (Fsp3) is 0.227. The fourth-order valence-corrected chi connectivity index (χ4v) is 4.09. The highest BCUT2D eigenvalue weighted by atomic mass is 19.4. The molecule has 0 unspecified atom stereocenters. The molecule has 0 saturated carbocycles. The molecule has 3 aromatic rings. The number of carbonyl (C=O) groups is 1. The summed E-state index contributed by atoms with van der Waals surface area (Å²) in [4.78, 5) is 19.4. The molecule has 5 rings (SSSR count). The van der Waals surface area contributed by atoms with Gasteiger partial charge in [-0.15, -0.1) is 0 Å². The van der Waals surface area contributed by atoms with Gasteiger partial charge in [0.15, 0.2) is 0 Å². The Bertz CT molecular complexity index is 1210. The van der Waals surface area contributed by atoms with Crippen molar-refractivity contribution in [2.75, 3.05) is 16.0 Å². The number of rotatable bonds is 4. The Labute approximate surface area is 180 Å². The maximum Gasteiger partial charge on any atom is 0.421 e. The molecule has 2 aromatic carbocycles. The lowest BCUT2D eigenvalue weighted by Crippen LogP contribution is -2.24. The molecule has 1 aromatic heterocycles. The summed E-state index contributed by atoms with van der Waals surface area (Å²) in [5, 5.41) is 18.8. The minimum atomic E-state index is -4.68. The molecule has 10 heteroatoms. The molecule has 32 heavy (non-hydrogen) atoms. The number of hydrogen-bond donors (Lipinski definition) is 4. The largest absolute Gasteiger partial charge is 0.421 e. The molecule has 0 bridgehead atoms. The van der Waals surface area contributed by atoms with E-state index in [2.05, 4.69) is 25.9 Å². The number of hydrogen-bond acceptors (Lipinski definition) is 6. The molecule has 1 aliphatic heterocycles. The van der Waals surface area contributed by atoms with Gasteiger partial charge in [-0.25, -0.2) is 4.98 Å². The van der Waals surface area contributed by atoms with E-state index in [1.165, 1.54) is 0 Å². The molecule has 164 valence electrons. The normalized spacial score (nSPS) is 19.3. The van der Waals surface area contributed by atoms with Crippen LogP contribution in [0.2, 0.25) is 0 Å². The van der Waals surface area contributed by atoms with Crippen molar-refractivity contribution in [3.63, 3.8) is 0 Å². The summed E-state index contributed by atoms with van der Waals surface area (Å²) in [6, 6.07) is 11.6. The van der Waals surface area contributed by atoms with E-state index in [9.17, 15) is 23.1 Å². The molecule has 2 aliphatic rings. The van der Waals surface area contributed by atoms with Crippen LogP contribution < -0.4 is 16.0 Å². The van der Waals surface area contributed by atoms with Gasteiger partial charge in [0, 0.05) is 24.0 Å². The number of nitrogens with zero attached hydrogens (tertiary/aromatic N) is 2. The first-order chi connectivity index (χ1) is 15.3. The Balaban J connectivity index is 1.46. The molecule has 0 spiro atoms. The highest BCUT2D eigenvalue weighted by Gasteiger charge is 2.38. The predicted molar refractivity (Wildman–Crippen MR) is 112 cm³/mol. The monoisotopic (exact) mass is 441 g/mol. The molecular weight excluding hydrogens is 423 g/mol. The van der Waals surface area contributed by atoms with Crippen molar-refractivity contribution in [2.24, 2.45) is 0 Å². The van der Waals surface area contributed by atoms with E-state index in [1.807, 2.05) is 12.1 Å². The molecule has 2 heterocycles. The van der Waals surface area contributed by atoms with Crippen LogP contribution in [-0.4, -0.2) is 27.1 Å². The first-order valence-electron chi connectivity index (χ1n) is 9.94. The Morgan fingerprint density at radius 3 is 2.75 bits per heavy atom. The fourth-order valence-electron chi connectivity index (χ4n) is 4.09. The van der Waals surface area contributed by atoms with Gasteiger partial charge in [-0.2, -0.15) is 18.2 Å². The van der Waals surface area contributed by atoms with Crippen LogP contribution in [0.25, 0.3) is 0 Å². The van der Waals surface area contributed by atoms with Crippen LogP contribution in [0.4, 0.5) is 36.3 Å². The number of nitrogens with one attached hydrogen (secondary N) is 3. The number of aliphatic hydroxyl groups is 1. The topological polar surface area (TPSA) is 99.2 Å². The highest BCUT2D eigenvalue weighted by molar-refractivity contribution is 5.99. The van der Waals surface area contributed by atoms with Gasteiger partial charge in [-0.3, -0.25) is 4.79 Å². The third kappa shape index (κ3) is 3.73. The summed E-state index contributed by atoms with van der Waals surface area (Å²) in [5.74, 6) is -0.586. The lowest BCUT2D eigenvalue weighted by atomic mass is 10.1. The molecule has 2 atom stereocenters. The second-order valence-corrected chi connectivity index (χ2v) is 7.77. The molecule has 1 amide bonds. The van der Waals surface area contributed by atoms with Crippen LogP contribution in [0, 0.1) is 0 Å². The number of alkyl halides is 3. The van der Waals surface area contributed by atoms with Gasteiger partial charge in [0.05, 0.1) is 18.6 Å². The van der Waals surface area contributed by atoms with Gasteiger partial charge in [-0.05, 0) is 34.9 Å². The number of aliphatic hydroxyl groups excluding tert-OH is 1. The minimum absolute atomic E-state index is 0.0431. The minimum Gasteiger partial charge on any atom is -0.390 e. The first-order valence-corrected chi connectivity index (χ1v) is 9.94. The maximum atomic E-state index is 13.6. The number of anilines is 4. The second-order valence-electron chi connectivity index (χ2n) is 7.77. The highest BCUT2D eigenvalue weighted by Crippen LogP contribution is 2.39. The van der Waals surface area contributed by atoms with Gasteiger partial charge in [0.2, 0.25) is 11.9 Å². The van der Waals surface area contributed by atoms with E-state index in [4.69, 9.17) is 0 Å². The van der Waals surface area contributed by atoms with E-state index in [1.54, 1.807) is 30.3 Å². The zero-order valence-electron chi connectivity index (χ0n) is 16.6. The third-order valence-electron chi connectivity index (χ3n) is 5.58. The zero-order chi connectivity index (χ0) is 22.5. The van der Waals surface area contributed by atoms with Crippen LogP contribution in [0.1, 0.15) is 28.3 Å². The van der Waals surface area contributed by atoms with Gasteiger partial charge < -0.3 is 21.1 Å². The van der Waals surface area contributed by atoms with Gasteiger partial charge in [0.1, 0.15) is 11.4 Å². The molecule has 1 aliphatic carbocycles. The lowest BCUT2D eigenvalue weighted by molar-refractivity contribution is -0.137. The quantitative estimate of drug-likeness (QED) is 0.492. The summed E-state index contributed by atoms with van der Waals surface area (Å²) in [6.45, 7) is 0. The van der Waals surface area contributed by atoms with E-state index in [0.29, 0.717) is 24.0 Å². The standard InChI is InChI=1S/C22H18F3N5O2/c23-22(24,25)15-10-26-21(27-13-5-6-16-12(7-13)9-18(32)28-16)30-20(15)29-19-14-4-2-1-3-11(14)8-17(19)31/h1-7,10,17,19,31H,8-9H2,(H,28,32)(H2,26,27,29,30)/t17-,19+/m0/s1. The van der Waals surface area contributed by atoms with Gasteiger partial charge >= 0.3 is 6.18 Å².